The summed E-state index contributed by atoms with van der Waals surface area (Å²) in [7, 11) is -3.07. The number of carbonyl (C=O) groups is 1. The molecule has 0 saturated heterocycles. The maximum atomic E-state index is 14.4. The van der Waals surface area contributed by atoms with E-state index in [1.54, 1.807) is 12.1 Å². The van der Waals surface area contributed by atoms with Gasteiger partial charge in [-0.25, -0.2) is 12.8 Å². The first-order valence-corrected chi connectivity index (χ1v) is 15.2. The minimum Gasteiger partial charge on any atom is -0.493 e. The van der Waals surface area contributed by atoms with Crippen LogP contribution in [-0.2, 0) is 27.7 Å². The molecule has 0 unspecified atom stereocenters. The Hall–Kier alpha value is -3.65. The Morgan fingerprint density at radius 3 is 2.72 bits per heavy atom. The third-order valence-corrected chi connectivity index (χ3v) is 8.68. The number of aryl methyl sites for hydroxylation is 1. The van der Waals surface area contributed by atoms with Crippen molar-refractivity contribution in [2.24, 2.45) is 0 Å². The summed E-state index contributed by atoms with van der Waals surface area (Å²) >= 11 is 0. The molecule has 0 fully saturated rings. The normalized spacial score (nSPS) is 14.8. The van der Waals surface area contributed by atoms with E-state index in [-0.39, 0.29) is 17.5 Å². The van der Waals surface area contributed by atoms with Gasteiger partial charge in [0.05, 0.1) is 12.4 Å². The quantitative estimate of drug-likeness (QED) is 0.240. The number of nitrogens with one attached hydrogen (secondary N) is 1. The number of aromatic nitrogens is 1. The topological polar surface area (TPSA) is 77.4 Å². The van der Waals surface area contributed by atoms with Gasteiger partial charge in [-0.2, -0.15) is 0 Å². The van der Waals surface area contributed by atoms with Crippen molar-refractivity contribution < 1.29 is 22.3 Å². The molecule has 0 saturated carbocycles. The van der Waals surface area contributed by atoms with Crippen LogP contribution in [0.25, 0.3) is 22.0 Å². The number of rotatable bonds is 10. The van der Waals surface area contributed by atoms with E-state index in [0.29, 0.717) is 32.5 Å². The van der Waals surface area contributed by atoms with E-state index < -0.39 is 9.84 Å². The summed E-state index contributed by atoms with van der Waals surface area (Å²) in [5.41, 5.74) is 8.09. The second kappa shape index (κ2) is 10.8. The zero-order chi connectivity index (χ0) is 27.7. The van der Waals surface area contributed by atoms with Gasteiger partial charge in [-0.3, -0.25) is 0 Å². The van der Waals surface area contributed by atoms with Crippen molar-refractivity contribution in [3.63, 3.8) is 0 Å². The van der Waals surface area contributed by atoms with Gasteiger partial charge in [0, 0.05) is 71.2 Å². The maximum Gasteiger partial charge on any atom is 0.147 e. The molecule has 39 heavy (non-hydrogen) atoms. The molecule has 0 bridgehead atoms. The Bertz CT molecular complexity index is 1660. The summed E-state index contributed by atoms with van der Waals surface area (Å²) in [6.07, 6.45) is 3.14. The van der Waals surface area contributed by atoms with Crippen molar-refractivity contribution in [3.8, 4) is 16.9 Å². The molecule has 5 rings (SSSR count). The highest BCUT2D eigenvalue weighted by Crippen LogP contribution is 2.39. The average molecular weight is 549 g/mol. The van der Waals surface area contributed by atoms with E-state index >= 15 is 0 Å². The minimum absolute atomic E-state index is 0.105. The van der Waals surface area contributed by atoms with E-state index in [0.717, 1.165) is 62.1 Å². The highest BCUT2D eigenvalue weighted by atomic mass is 32.2. The molecule has 8 heteroatoms. The van der Waals surface area contributed by atoms with Crippen LogP contribution in [0.1, 0.15) is 41.1 Å². The van der Waals surface area contributed by atoms with Crippen LogP contribution >= 0.6 is 0 Å². The van der Waals surface area contributed by atoms with Crippen LogP contribution in [0.3, 0.4) is 0 Å². The van der Waals surface area contributed by atoms with Crippen molar-refractivity contribution in [2.75, 3.05) is 23.9 Å². The molecular formula is C31H33FN2O4S. The fourth-order valence-corrected chi connectivity index (χ4v) is 6.26. The molecular weight excluding hydrogens is 515 g/mol. The van der Waals surface area contributed by atoms with Crippen LogP contribution in [0.4, 0.5) is 10.1 Å². The highest BCUT2D eigenvalue weighted by molar-refractivity contribution is 7.90. The van der Waals surface area contributed by atoms with Crippen molar-refractivity contribution in [3.05, 3.63) is 82.8 Å². The Kier molecular flexibility index (Phi) is 7.49. The third-order valence-electron chi connectivity index (χ3n) is 7.65. The van der Waals surface area contributed by atoms with Gasteiger partial charge in [-0.05, 0) is 61.2 Å². The molecule has 0 radical (unpaired) electrons. The molecule has 0 spiro atoms. The molecule has 6 nitrogen and oxygen atoms in total. The smallest absolute Gasteiger partial charge is 0.147 e. The van der Waals surface area contributed by atoms with Gasteiger partial charge in [0.2, 0.25) is 0 Å². The second-order valence-electron chi connectivity index (χ2n) is 10.4. The number of carbonyl (C=O) groups excluding carboxylic acids is 1. The third kappa shape index (κ3) is 5.57. The molecule has 204 valence electrons. The highest BCUT2D eigenvalue weighted by Gasteiger charge is 2.24. The summed E-state index contributed by atoms with van der Waals surface area (Å²) in [4.78, 5) is 10.9. The van der Waals surface area contributed by atoms with Gasteiger partial charge < -0.3 is 19.4 Å². The lowest BCUT2D eigenvalue weighted by Gasteiger charge is -2.15. The second-order valence-corrected chi connectivity index (χ2v) is 12.6. The van der Waals surface area contributed by atoms with Crippen LogP contribution in [-0.4, -0.2) is 37.9 Å². The van der Waals surface area contributed by atoms with Crippen molar-refractivity contribution >= 4 is 32.7 Å². The van der Waals surface area contributed by atoms with Gasteiger partial charge in [0.1, 0.15) is 27.7 Å². The molecule has 1 aliphatic heterocycles. The van der Waals surface area contributed by atoms with Gasteiger partial charge in [-0.1, -0.05) is 24.3 Å². The standard InChI is InChI=1S/C31H33FN2O4S/c1-20-22(18-33-25-9-10-27-23(12-14-35)19-38-30(27)17-25)6-4-7-26(20)31-21(2)34(13-5-15-39(3,36)37)29-11-8-24(32)16-28(29)31/h4,6-11,14,16-17,23,33H,5,12-13,15,18-19H2,1-3H3/t23-/m1/s1. The number of hydrogen-bond donors (Lipinski definition) is 1. The van der Waals surface area contributed by atoms with Gasteiger partial charge >= 0.3 is 0 Å². The Balaban J connectivity index is 1.44. The summed E-state index contributed by atoms with van der Waals surface area (Å²) in [6.45, 7) is 5.75. The number of benzene rings is 3. The summed E-state index contributed by atoms with van der Waals surface area (Å²) < 4.78 is 45.7. The van der Waals surface area contributed by atoms with Crippen LogP contribution in [0.5, 0.6) is 5.75 Å². The van der Waals surface area contributed by atoms with Crippen molar-refractivity contribution in [1.29, 1.82) is 0 Å². The molecule has 0 aliphatic carbocycles. The van der Waals surface area contributed by atoms with E-state index in [2.05, 4.69) is 28.9 Å². The number of fused-ring (bicyclic) bond motifs is 2. The summed E-state index contributed by atoms with van der Waals surface area (Å²) in [5, 5.41) is 4.31. The molecule has 4 aromatic rings. The molecule has 1 aromatic heterocycles. The first kappa shape index (κ1) is 26.9. The van der Waals surface area contributed by atoms with Crippen LogP contribution in [0.15, 0.2) is 54.6 Å². The number of halogens is 1. The number of sulfone groups is 1. The molecule has 2 heterocycles. The zero-order valence-electron chi connectivity index (χ0n) is 22.5. The summed E-state index contributed by atoms with van der Waals surface area (Å²) in [6, 6.07) is 17.0. The number of hydrogen-bond acceptors (Lipinski definition) is 5. The lowest BCUT2D eigenvalue weighted by molar-refractivity contribution is -0.108. The van der Waals surface area contributed by atoms with Crippen molar-refractivity contribution in [1.82, 2.24) is 4.57 Å². The number of nitrogens with zero attached hydrogens (tertiary/aromatic N) is 1. The van der Waals surface area contributed by atoms with E-state index in [4.69, 9.17) is 4.74 Å². The number of ether oxygens (including phenoxy) is 1. The van der Waals surface area contributed by atoms with Gasteiger partial charge in [0.25, 0.3) is 0 Å². The van der Waals surface area contributed by atoms with Crippen molar-refractivity contribution in [2.45, 2.75) is 45.7 Å². The molecule has 1 atom stereocenters. The number of aldehydes is 1. The molecule has 1 N–H and O–H groups in total. The largest absolute Gasteiger partial charge is 0.493 e. The lowest BCUT2D eigenvalue weighted by atomic mass is 9.94. The van der Waals surface area contributed by atoms with Gasteiger partial charge in [0.15, 0.2) is 0 Å². The first-order chi connectivity index (χ1) is 18.7. The predicted molar refractivity (Wildman–Crippen MR) is 154 cm³/mol. The lowest BCUT2D eigenvalue weighted by Crippen LogP contribution is -2.08. The first-order valence-electron chi connectivity index (χ1n) is 13.2. The maximum absolute atomic E-state index is 14.4. The fourth-order valence-electron chi connectivity index (χ4n) is 5.61. The SMILES string of the molecule is Cc1c(CNc2ccc3c(c2)OC[C@H]3CC=O)cccc1-c1c(C)n(CCCS(C)(=O)=O)c2ccc(F)cc12. The average Bonchev–Trinajstić information content (AvgIpc) is 3.40. The van der Waals surface area contributed by atoms with E-state index in [1.807, 2.05) is 31.2 Å². The Morgan fingerprint density at radius 2 is 1.95 bits per heavy atom. The number of anilines is 1. The predicted octanol–water partition coefficient (Wildman–Crippen LogP) is 6.18. The molecule has 1 aliphatic rings. The van der Waals surface area contributed by atoms with Gasteiger partial charge in [-0.15, -0.1) is 0 Å². The van der Waals surface area contributed by atoms with Crippen LogP contribution < -0.4 is 10.1 Å². The zero-order valence-corrected chi connectivity index (χ0v) is 23.3. The molecule has 0 amide bonds. The molecule has 3 aromatic carbocycles. The van der Waals surface area contributed by atoms with Crippen LogP contribution in [0.2, 0.25) is 0 Å². The van der Waals surface area contributed by atoms with E-state index in [1.165, 1.54) is 12.3 Å². The summed E-state index contributed by atoms with van der Waals surface area (Å²) in [5.74, 6) is 0.737. The van der Waals surface area contributed by atoms with E-state index in [9.17, 15) is 17.6 Å². The Morgan fingerprint density at radius 1 is 1.13 bits per heavy atom. The Labute approximate surface area is 228 Å². The fraction of sp³-hybridized carbons (Fsp3) is 0.323. The minimum atomic E-state index is -3.07. The van der Waals surface area contributed by atoms with Crippen LogP contribution in [0, 0.1) is 19.7 Å². The monoisotopic (exact) mass is 548 g/mol.